The van der Waals surface area contributed by atoms with Gasteiger partial charge in [0.25, 0.3) is 0 Å². The van der Waals surface area contributed by atoms with Crippen molar-refractivity contribution < 1.29 is 19.0 Å². The van der Waals surface area contributed by atoms with Crippen molar-refractivity contribution in [1.82, 2.24) is 0 Å². The second-order valence-electron chi connectivity index (χ2n) is 2.89. The summed E-state index contributed by atoms with van der Waals surface area (Å²) >= 11 is 0. The minimum absolute atomic E-state index is 0.0906. The summed E-state index contributed by atoms with van der Waals surface area (Å²) in [6.45, 7) is 1.30. The van der Waals surface area contributed by atoms with Gasteiger partial charge in [0.05, 0.1) is 13.2 Å². The van der Waals surface area contributed by atoms with Gasteiger partial charge in [-0.1, -0.05) is 0 Å². The van der Waals surface area contributed by atoms with Crippen LogP contribution in [0.4, 0.5) is 0 Å². The summed E-state index contributed by atoms with van der Waals surface area (Å²) in [5.41, 5.74) is 0. The third-order valence-electron chi connectivity index (χ3n) is 1.90. The molecule has 0 atom stereocenters. The van der Waals surface area contributed by atoms with Crippen LogP contribution < -0.4 is 0 Å². The van der Waals surface area contributed by atoms with Gasteiger partial charge in [0, 0.05) is 0 Å². The molecule has 0 amide bonds. The Hall–Kier alpha value is -0.840. The highest BCUT2D eigenvalue weighted by molar-refractivity contribution is 5.07. The molecule has 4 heteroatoms. The zero-order chi connectivity index (χ0) is 9.10. The van der Waals surface area contributed by atoms with Gasteiger partial charge in [0.1, 0.15) is 12.4 Å². The van der Waals surface area contributed by atoms with Crippen LogP contribution in [0.3, 0.4) is 0 Å². The molecule has 0 saturated carbocycles. The SMILES string of the molecule is OCc1ccc(C2OCCCO2)o1. The smallest absolute Gasteiger partial charge is 0.217 e. The second-order valence-corrected chi connectivity index (χ2v) is 2.89. The van der Waals surface area contributed by atoms with Crippen LogP contribution in [0.25, 0.3) is 0 Å². The molecule has 0 radical (unpaired) electrons. The summed E-state index contributed by atoms with van der Waals surface area (Å²) in [5.74, 6) is 1.16. The van der Waals surface area contributed by atoms with E-state index in [0.29, 0.717) is 24.7 Å². The average Bonchev–Trinajstić information content (AvgIpc) is 2.67. The molecule has 2 heterocycles. The number of ether oxygens (including phenoxy) is 2. The van der Waals surface area contributed by atoms with Gasteiger partial charge in [-0.15, -0.1) is 0 Å². The Labute approximate surface area is 76.1 Å². The zero-order valence-corrected chi connectivity index (χ0v) is 7.23. The predicted molar refractivity (Wildman–Crippen MR) is 43.9 cm³/mol. The second kappa shape index (κ2) is 3.91. The molecule has 1 aliphatic rings. The fourth-order valence-electron chi connectivity index (χ4n) is 1.26. The summed E-state index contributed by atoms with van der Waals surface area (Å²) in [6.07, 6.45) is 0.526. The molecule has 0 aliphatic carbocycles. The summed E-state index contributed by atoms with van der Waals surface area (Å²) in [7, 11) is 0. The highest BCUT2D eigenvalue weighted by Crippen LogP contribution is 2.24. The molecule has 1 aromatic heterocycles. The third kappa shape index (κ3) is 1.91. The van der Waals surface area contributed by atoms with Crippen molar-refractivity contribution in [3.05, 3.63) is 23.7 Å². The normalized spacial score (nSPS) is 19.2. The Morgan fingerprint density at radius 3 is 2.69 bits per heavy atom. The van der Waals surface area contributed by atoms with Crippen LogP contribution >= 0.6 is 0 Å². The molecular weight excluding hydrogens is 172 g/mol. The van der Waals surface area contributed by atoms with Crippen molar-refractivity contribution in [2.24, 2.45) is 0 Å². The summed E-state index contributed by atoms with van der Waals surface area (Å²) in [4.78, 5) is 0. The largest absolute Gasteiger partial charge is 0.458 e. The first kappa shape index (κ1) is 8.74. The van der Waals surface area contributed by atoms with E-state index in [9.17, 15) is 0 Å². The molecule has 1 fully saturated rings. The first-order valence-electron chi connectivity index (χ1n) is 4.33. The molecule has 0 unspecified atom stereocenters. The van der Waals surface area contributed by atoms with E-state index < -0.39 is 6.29 Å². The molecule has 4 nitrogen and oxygen atoms in total. The van der Waals surface area contributed by atoms with E-state index >= 15 is 0 Å². The van der Waals surface area contributed by atoms with Gasteiger partial charge in [-0.05, 0) is 18.6 Å². The molecule has 1 N–H and O–H groups in total. The topological polar surface area (TPSA) is 51.8 Å². The van der Waals surface area contributed by atoms with Crippen molar-refractivity contribution in [2.45, 2.75) is 19.3 Å². The van der Waals surface area contributed by atoms with E-state index in [-0.39, 0.29) is 6.61 Å². The first-order chi connectivity index (χ1) is 6.40. The molecule has 72 valence electrons. The van der Waals surface area contributed by atoms with Crippen LogP contribution in [-0.2, 0) is 16.1 Å². The fraction of sp³-hybridized carbons (Fsp3) is 0.556. The van der Waals surface area contributed by atoms with Crippen molar-refractivity contribution in [3.63, 3.8) is 0 Å². The molecule has 0 aromatic carbocycles. The van der Waals surface area contributed by atoms with Crippen molar-refractivity contribution >= 4 is 0 Å². The minimum Gasteiger partial charge on any atom is -0.458 e. The van der Waals surface area contributed by atoms with Gasteiger partial charge < -0.3 is 19.0 Å². The van der Waals surface area contributed by atoms with Crippen molar-refractivity contribution in [2.75, 3.05) is 13.2 Å². The molecule has 1 aliphatic heterocycles. The van der Waals surface area contributed by atoms with Gasteiger partial charge in [-0.2, -0.15) is 0 Å². The Kier molecular flexibility index (Phi) is 2.63. The quantitative estimate of drug-likeness (QED) is 0.750. The van der Waals surface area contributed by atoms with Gasteiger partial charge in [-0.3, -0.25) is 0 Å². The molecule has 0 spiro atoms. The highest BCUT2D eigenvalue weighted by Gasteiger charge is 2.19. The summed E-state index contributed by atoms with van der Waals surface area (Å²) in [5, 5.41) is 8.77. The van der Waals surface area contributed by atoms with E-state index in [0.717, 1.165) is 6.42 Å². The Morgan fingerprint density at radius 2 is 2.08 bits per heavy atom. The summed E-state index contributed by atoms with van der Waals surface area (Å²) in [6, 6.07) is 3.48. The third-order valence-corrected chi connectivity index (χ3v) is 1.90. The average molecular weight is 184 g/mol. The Balaban J connectivity index is 2.05. The maximum atomic E-state index is 8.77. The molecule has 0 bridgehead atoms. The standard InChI is InChI=1S/C9H12O4/c10-6-7-2-3-8(13-7)9-11-4-1-5-12-9/h2-3,9-10H,1,4-6H2. The van der Waals surface area contributed by atoms with Crippen LogP contribution in [-0.4, -0.2) is 18.3 Å². The van der Waals surface area contributed by atoms with E-state index in [1.165, 1.54) is 0 Å². The van der Waals surface area contributed by atoms with E-state index in [4.69, 9.17) is 19.0 Å². The lowest BCUT2D eigenvalue weighted by molar-refractivity contribution is -0.192. The van der Waals surface area contributed by atoms with Gasteiger partial charge in [-0.25, -0.2) is 0 Å². The first-order valence-corrected chi connectivity index (χ1v) is 4.33. The van der Waals surface area contributed by atoms with E-state index in [2.05, 4.69) is 0 Å². The lowest BCUT2D eigenvalue weighted by Gasteiger charge is -2.21. The van der Waals surface area contributed by atoms with Crippen LogP contribution in [0.5, 0.6) is 0 Å². The van der Waals surface area contributed by atoms with E-state index in [1.807, 2.05) is 0 Å². The molecule has 1 saturated heterocycles. The van der Waals surface area contributed by atoms with Crippen LogP contribution in [0, 0.1) is 0 Å². The molecule has 2 rings (SSSR count). The van der Waals surface area contributed by atoms with Gasteiger partial charge in [0.15, 0.2) is 5.76 Å². The van der Waals surface area contributed by atoms with Crippen molar-refractivity contribution in [3.8, 4) is 0 Å². The number of furan rings is 1. The number of aliphatic hydroxyl groups is 1. The molecular formula is C9H12O4. The maximum absolute atomic E-state index is 8.77. The monoisotopic (exact) mass is 184 g/mol. The maximum Gasteiger partial charge on any atom is 0.217 e. The van der Waals surface area contributed by atoms with Crippen LogP contribution in [0.2, 0.25) is 0 Å². The number of aliphatic hydroxyl groups excluding tert-OH is 1. The van der Waals surface area contributed by atoms with Gasteiger partial charge >= 0.3 is 0 Å². The lowest BCUT2D eigenvalue weighted by Crippen LogP contribution is -2.17. The number of hydrogen-bond donors (Lipinski definition) is 1. The number of hydrogen-bond acceptors (Lipinski definition) is 4. The Morgan fingerprint density at radius 1 is 1.31 bits per heavy atom. The molecule has 1 aromatic rings. The van der Waals surface area contributed by atoms with Crippen LogP contribution in [0.1, 0.15) is 24.2 Å². The summed E-state index contributed by atoms with van der Waals surface area (Å²) < 4.78 is 15.9. The van der Waals surface area contributed by atoms with Crippen molar-refractivity contribution in [1.29, 1.82) is 0 Å². The van der Waals surface area contributed by atoms with Crippen LogP contribution in [0.15, 0.2) is 16.5 Å². The number of rotatable bonds is 2. The zero-order valence-electron chi connectivity index (χ0n) is 7.23. The molecule has 13 heavy (non-hydrogen) atoms. The highest BCUT2D eigenvalue weighted by atomic mass is 16.7. The Bertz CT molecular complexity index is 262. The minimum atomic E-state index is -0.394. The van der Waals surface area contributed by atoms with Gasteiger partial charge in [0.2, 0.25) is 6.29 Å². The predicted octanol–water partition coefficient (Wildman–Crippen LogP) is 1.21. The lowest BCUT2D eigenvalue weighted by atomic mass is 10.4. The fourth-order valence-corrected chi connectivity index (χ4v) is 1.26. The van der Waals surface area contributed by atoms with E-state index in [1.54, 1.807) is 12.1 Å².